The van der Waals surface area contributed by atoms with Crippen molar-refractivity contribution in [1.82, 2.24) is 0 Å². The van der Waals surface area contributed by atoms with E-state index in [9.17, 15) is 29.4 Å². The summed E-state index contributed by atoms with van der Waals surface area (Å²) in [7, 11) is 0. The minimum atomic E-state index is -1.27. The van der Waals surface area contributed by atoms with Gasteiger partial charge >= 0.3 is 17.1 Å². The topological polar surface area (TPSA) is 114 Å². The molecule has 0 saturated heterocycles. The molecule has 23 heavy (non-hydrogen) atoms. The van der Waals surface area contributed by atoms with Crippen LogP contribution in [-0.2, 0) is 36.2 Å². The van der Waals surface area contributed by atoms with Gasteiger partial charge in [0.15, 0.2) is 4.30 Å². The van der Waals surface area contributed by atoms with Gasteiger partial charge in [0.05, 0.1) is 23.8 Å². The number of halogens is 3. The molecule has 2 atom stereocenters. The number of carbonyl (C=O) groups is 4. The van der Waals surface area contributed by atoms with Gasteiger partial charge < -0.3 is 19.8 Å². The summed E-state index contributed by atoms with van der Waals surface area (Å²) in [5.74, 6) is -5.04. The number of alkyl halides is 3. The van der Waals surface area contributed by atoms with Crippen molar-refractivity contribution in [2.75, 3.05) is 0 Å². The van der Waals surface area contributed by atoms with E-state index in [1.165, 1.54) is 13.8 Å². The number of hydrogen-bond donors (Lipinski definition) is 0. The second kappa shape index (κ2) is 18.0. The molecule has 0 spiro atoms. The first-order chi connectivity index (χ1) is 9.91. The minimum absolute atomic E-state index is 0. The fourth-order valence-corrected chi connectivity index (χ4v) is 1.24. The fourth-order valence-electron chi connectivity index (χ4n) is 1.24. The predicted molar refractivity (Wildman–Crippen MR) is 80.3 cm³/mol. The van der Waals surface area contributed by atoms with E-state index in [4.69, 9.17) is 34.8 Å². The summed E-state index contributed by atoms with van der Waals surface area (Å²) >= 11 is 14.4. The van der Waals surface area contributed by atoms with Crippen molar-refractivity contribution in [3.05, 3.63) is 0 Å². The molecule has 0 aliphatic heterocycles. The number of hydrogen-bond acceptors (Lipinski definition) is 6. The Bertz CT molecular complexity index is 314. The van der Waals surface area contributed by atoms with E-state index in [1.54, 1.807) is 13.8 Å². The largest absolute Gasteiger partial charge is 2.00 e. The van der Waals surface area contributed by atoms with Gasteiger partial charge in [0, 0.05) is 0 Å². The Morgan fingerprint density at radius 1 is 0.783 bits per heavy atom. The molecule has 2 unspecified atom stereocenters. The van der Waals surface area contributed by atoms with Crippen molar-refractivity contribution in [1.29, 1.82) is 0 Å². The van der Waals surface area contributed by atoms with E-state index in [-0.39, 0.29) is 28.6 Å². The number of Topliss-reactive ketones (excluding diaryl/α,β-unsaturated/α-hetero) is 2. The first kappa shape index (κ1) is 30.5. The van der Waals surface area contributed by atoms with Crippen molar-refractivity contribution in [3.63, 3.8) is 0 Å². The third-order valence-electron chi connectivity index (χ3n) is 2.37. The van der Waals surface area contributed by atoms with Crippen LogP contribution in [0.3, 0.4) is 0 Å². The summed E-state index contributed by atoms with van der Waals surface area (Å²) in [5, 5.41) is 20.1. The molecule has 0 aliphatic carbocycles. The average Bonchev–Trinajstić information content (AvgIpc) is 2.28. The molecule has 0 bridgehead atoms. The van der Waals surface area contributed by atoms with Crippen molar-refractivity contribution in [2.45, 2.75) is 44.8 Å². The van der Waals surface area contributed by atoms with Gasteiger partial charge in [-0.25, -0.2) is 0 Å². The number of carbonyl (C=O) groups excluding carboxylic acids is 4. The molecule has 0 heterocycles. The van der Waals surface area contributed by atoms with Crippen LogP contribution in [0, 0.1) is 11.8 Å². The normalized spacial score (nSPS) is 11.5. The molecular formula is C13H19Cl3CuO6. The van der Waals surface area contributed by atoms with Gasteiger partial charge in [-0.3, -0.25) is 9.59 Å². The van der Waals surface area contributed by atoms with E-state index in [2.05, 4.69) is 0 Å². The van der Waals surface area contributed by atoms with Crippen LogP contribution in [0.4, 0.5) is 0 Å². The van der Waals surface area contributed by atoms with Crippen LogP contribution in [0.1, 0.15) is 40.5 Å². The monoisotopic (exact) mass is 439 g/mol. The average molecular weight is 441 g/mol. The third kappa shape index (κ3) is 21.7. The first-order valence-corrected chi connectivity index (χ1v) is 7.57. The fraction of sp³-hybridized carbons (Fsp3) is 0.692. The van der Waals surface area contributed by atoms with Crippen LogP contribution in [-0.4, -0.2) is 27.8 Å². The number of carboxylic acids is 2. The van der Waals surface area contributed by atoms with Crippen LogP contribution in [0.2, 0.25) is 0 Å². The molecule has 10 heteroatoms. The molecule has 1 radical (unpaired) electrons. The van der Waals surface area contributed by atoms with Crippen molar-refractivity contribution in [2.24, 2.45) is 11.8 Å². The summed E-state index contributed by atoms with van der Waals surface area (Å²) in [4.78, 5) is 40.9. The van der Waals surface area contributed by atoms with E-state index in [1.807, 2.05) is 0 Å². The number of aliphatic carboxylic acids is 2. The molecule has 0 saturated carbocycles. The van der Waals surface area contributed by atoms with E-state index < -0.39 is 28.1 Å². The van der Waals surface area contributed by atoms with Gasteiger partial charge in [0.25, 0.3) is 0 Å². The van der Waals surface area contributed by atoms with Crippen LogP contribution in [0.15, 0.2) is 0 Å². The summed E-state index contributed by atoms with van der Waals surface area (Å²) in [6, 6.07) is 0. The Kier molecular flexibility index (Phi) is 23.9. The smallest absolute Gasteiger partial charge is 0.549 e. The molecule has 0 N–H and O–H groups in total. The first-order valence-electron chi connectivity index (χ1n) is 6.26. The zero-order valence-electron chi connectivity index (χ0n) is 13.0. The molecule has 0 rings (SSSR count). The number of carboxylic acid groups (broad SMARTS) is 2. The molecule has 6 nitrogen and oxygen atoms in total. The maximum atomic E-state index is 10.4. The molecule has 0 aromatic carbocycles. The Labute approximate surface area is 161 Å². The SMILES string of the molecule is CCC(C(C)=O)C(=O)[O-].CCC(C(C)=O)C(=O)[O-].ClC(Cl)Cl.[Cu+2]. The summed E-state index contributed by atoms with van der Waals surface area (Å²) < 4.78 is -0.750. The van der Waals surface area contributed by atoms with Crippen LogP contribution in [0.5, 0.6) is 0 Å². The van der Waals surface area contributed by atoms with Gasteiger partial charge in [-0.15, -0.1) is 0 Å². The van der Waals surface area contributed by atoms with Gasteiger partial charge in [0.2, 0.25) is 0 Å². The summed E-state index contributed by atoms with van der Waals surface area (Å²) in [5.41, 5.74) is 0. The van der Waals surface area contributed by atoms with Gasteiger partial charge in [-0.05, 0) is 26.7 Å². The van der Waals surface area contributed by atoms with Crippen molar-refractivity contribution >= 4 is 58.3 Å². The quantitative estimate of drug-likeness (QED) is 0.341. The summed E-state index contributed by atoms with van der Waals surface area (Å²) in [6.07, 6.45) is 0.634. The molecular weight excluding hydrogens is 422 g/mol. The molecule has 0 aliphatic rings. The zero-order valence-corrected chi connectivity index (χ0v) is 16.2. The van der Waals surface area contributed by atoms with Crippen LogP contribution in [0.25, 0.3) is 0 Å². The van der Waals surface area contributed by atoms with Crippen LogP contribution < -0.4 is 10.2 Å². The molecule has 0 aromatic rings. The van der Waals surface area contributed by atoms with Crippen molar-refractivity contribution in [3.8, 4) is 0 Å². The van der Waals surface area contributed by atoms with Gasteiger partial charge in [0.1, 0.15) is 11.6 Å². The maximum Gasteiger partial charge on any atom is 2.00 e. The number of ketones is 2. The second-order valence-corrected chi connectivity index (χ2v) is 6.01. The molecule has 0 fully saturated rings. The number of rotatable bonds is 6. The summed E-state index contributed by atoms with van der Waals surface area (Å²) in [6.45, 7) is 5.79. The molecule has 0 aromatic heterocycles. The van der Waals surface area contributed by atoms with Gasteiger partial charge in [-0.1, -0.05) is 48.7 Å². The Morgan fingerprint density at radius 2 is 0.957 bits per heavy atom. The van der Waals surface area contributed by atoms with E-state index in [0.29, 0.717) is 12.8 Å². The Hall–Kier alpha value is -0.331. The Balaban J connectivity index is -0.000000124. The molecule has 139 valence electrons. The Morgan fingerprint density at radius 3 is 0.957 bits per heavy atom. The molecule has 0 amide bonds. The van der Waals surface area contributed by atoms with Crippen LogP contribution >= 0.6 is 34.8 Å². The van der Waals surface area contributed by atoms with Crippen molar-refractivity contribution < 1.29 is 46.5 Å². The third-order valence-corrected chi connectivity index (χ3v) is 2.37. The minimum Gasteiger partial charge on any atom is -0.549 e. The van der Waals surface area contributed by atoms with Gasteiger partial charge in [-0.2, -0.15) is 0 Å². The van der Waals surface area contributed by atoms with E-state index >= 15 is 0 Å². The second-order valence-electron chi connectivity index (χ2n) is 4.03. The predicted octanol–water partition coefficient (Wildman–Crippen LogP) is 0.687. The maximum absolute atomic E-state index is 10.4. The van der Waals surface area contributed by atoms with E-state index in [0.717, 1.165) is 0 Å². The zero-order chi connectivity index (χ0) is 18.5. The standard InChI is InChI=1S/2C6H10O3.CHCl3.Cu/c2*1-3-5(4(2)7)6(8)9;2-1(3)4;/h2*5H,3H2,1-2H3,(H,8,9);1H;/q;;;+2/p-2.